The van der Waals surface area contributed by atoms with Crippen molar-refractivity contribution in [3.05, 3.63) is 59.1 Å². The fourth-order valence-corrected chi connectivity index (χ4v) is 1.71. The molecule has 1 aromatic carbocycles. The van der Waals surface area contributed by atoms with Crippen LogP contribution in [0.3, 0.4) is 0 Å². The molecule has 0 unspecified atom stereocenters. The Morgan fingerprint density at radius 2 is 1.90 bits per heavy atom. The second-order valence-corrected chi connectivity index (χ2v) is 4.58. The third-order valence-electron chi connectivity index (χ3n) is 2.32. The van der Waals surface area contributed by atoms with Crippen LogP contribution in [-0.2, 0) is 0 Å². The number of halogens is 2. The molecule has 1 amide bonds. The minimum atomic E-state index is -0.426. The van der Waals surface area contributed by atoms with Crippen LogP contribution >= 0.6 is 23.8 Å². The third kappa shape index (κ3) is 3.97. The van der Waals surface area contributed by atoms with Gasteiger partial charge < -0.3 is 5.32 Å². The van der Waals surface area contributed by atoms with Crippen LogP contribution in [0.15, 0.2) is 42.6 Å². The lowest BCUT2D eigenvalue weighted by atomic mass is 10.2. The fourth-order valence-electron chi connectivity index (χ4n) is 1.39. The van der Waals surface area contributed by atoms with Gasteiger partial charge in [-0.3, -0.25) is 10.1 Å². The summed E-state index contributed by atoms with van der Waals surface area (Å²) in [5, 5.41) is 5.73. The van der Waals surface area contributed by atoms with Crippen LogP contribution in [0.2, 0.25) is 5.15 Å². The number of amides is 1. The zero-order valence-corrected chi connectivity index (χ0v) is 11.6. The summed E-state index contributed by atoms with van der Waals surface area (Å²) in [4.78, 5) is 15.7. The number of anilines is 1. The van der Waals surface area contributed by atoms with E-state index in [0.29, 0.717) is 16.4 Å². The Kier molecular flexibility index (Phi) is 4.60. The number of hydrogen-bond donors (Lipinski definition) is 2. The van der Waals surface area contributed by atoms with Gasteiger partial charge in [-0.2, -0.15) is 0 Å². The molecular weight excluding hydrogens is 301 g/mol. The number of pyridine rings is 1. The molecule has 0 bridgehead atoms. The smallest absolute Gasteiger partial charge is 0.257 e. The fraction of sp³-hybridized carbons (Fsp3) is 0. The topological polar surface area (TPSA) is 54.0 Å². The Morgan fingerprint density at radius 3 is 2.50 bits per heavy atom. The summed E-state index contributed by atoms with van der Waals surface area (Å²) < 4.78 is 12.7. The molecule has 0 saturated carbocycles. The minimum absolute atomic E-state index is 0.114. The molecule has 0 aliphatic rings. The second kappa shape index (κ2) is 6.40. The molecule has 1 heterocycles. The monoisotopic (exact) mass is 309 g/mol. The van der Waals surface area contributed by atoms with E-state index in [4.69, 9.17) is 23.8 Å². The van der Waals surface area contributed by atoms with E-state index in [-0.39, 0.29) is 5.11 Å². The van der Waals surface area contributed by atoms with E-state index in [1.165, 1.54) is 30.5 Å². The van der Waals surface area contributed by atoms with Gasteiger partial charge in [0.2, 0.25) is 0 Å². The van der Waals surface area contributed by atoms with E-state index in [1.54, 1.807) is 12.1 Å². The van der Waals surface area contributed by atoms with Gasteiger partial charge in [0.1, 0.15) is 11.0 Å². The van der Waals surface area contributed by atoms with Crippen LogP contribution in [-0.4, -0.2) is 16.0 Å². The molecule has 2 rings (SSSR count). The molecule has 0 fully saturated rings. The van der Waals surface area contributed by atoms with Gasteiger partial charge in [-0.25, -0.2) is 9.37 Å². The predicted octanol–water partition coefficient (Wildman–Crippen LogP) is 3.00. The van der Waals surface area contributed by atoms with Gasteiger partial charge in [0.15, 0.2) is 5.11 Å². The van der Waals surface area contributed by atoms with Crippen molar-refractivity contribution in [2.24, 2.45) is 0 Å². The van der Waals surface area contributed by atoms with Crippen LogP contribution in [0.25, 0.3) is 0 Å². The summed E-state index contributed by atoms with van der Waals surface area (Å²) in [7, 11) is 0. The number of aromatic nitrogens is 1. The van der Waals surface area contributed by atoms with Crippen LogP contribution in [0.1, 0.15) is 10.4 Å². The molecular formula is C13H9ClFN3OS. The second-order valence-electron chi connectivity index (χ2n) is 3.78. The molecule has 2 N–H and O–H groups in total. The highest BCUT2D eigenvalue weighted by Crippen LogP contribution is 2.09. The van der Waals surface area contributed by atoms with E-state index in [2.05, 4.69) is 15.6 Å². The van der Waals surface area contributed by atoms with E-state index >= 15 is 0 Å². The van der Waals surface area contributed by atoms with Crippen molar-refractivity contribution in [3.63, 3.8) is 0 Å². The average Bonchev–Trinajstić information content (AvgIpc) is 2.42. The molecule has 0 aliphatic heterocycles. The number of rotatable bonds is 2. The van der Waals surface area contributed by atoms with E-state index < -0.39 is 11.7 Å². The van der Waals surface area contributed by atoms with Crippen molar-refractivity contribution in [1.29, 1.82) is 0 Å². The van der Waals surface area contributed by atoms with Crippen LogP contribution in [0.5, 0.6) is 0 Å². The molecule has 0 spiro atoms. The summed E-state index contributed by atoms with van der Waals surface area (Å²) in [6, 6.07) is 8.41. The molecule has 0 aliphatic carbocycles. The van der Waals surface area contributed by atoms with Crippen molar-refractivity contribution in [2.75, 3.05) is 5.32 Å². The van der Waals surface area contributed by atoms with Gasteiger partial charge >= 0.3 is 0 Å². The van der Waals surface area contributed by atoms with Crippen molar-refractivity contribution < 1.29 is 9.18 Å². The Hall–Kier alpha value is -2.05. The van der Waals surface area contributed by atoms with Crippen LogP contribution in [0, 0.1) is 5.82 Å². The summed E-state index contributed by atoms with van der Waals surface area (Å²) in [6.07, 6.45) is 1.48. The maximum Gasteiger partial charge on any atom is 0.257 e. The normalized spacial score (nSPS) is 9.90. The van der Waals surface area contributed by atoms with Crippen LogP contribution in [0.4, 0.5) is 10.1 Å². The van der Waals surface area contributed by atoms with Gasteiger partial charge in [0.25, 0.3) is 5.91 Å². The molecule has 2 aromatic rings. The first kappa shape index (κ1) is 14.4. The number of carbonyl (C=O) groups is 1. The van der Waals surface area contributed by atoms with Crippen molar-refractivity contribution in [1.82, 2.24) is 10.3 Å². The molecule has 7 heteroatoms. The van der Waals surface area contributed by atoms with Crippen molar-refractivity contribution >= 4 is 40.5 Å². The molecule has 0 saturated heterocycles. The quantitative estimate of drug-likeness (QED) is 0.661. The van der Waals surface area contributed by atoms with Gasteiger partial charge in [-0.05, 0) is 48.6 Å². The van der Waals surface area contributed by atoms with Gasteiger partial charge in [0.05, 0.1) is 11.9 Å². The Labute approximate surface area is 125 Å². The first-order chi connectivity index (χ1) is 9.54. The summed E-state index contributed by atoms with van der Waals surface area (Å²) in [6.45, 7) is 0. The lowest BCUT2D eigenvalue weighted by Crippen LogP contribution is -2.34. The van der Waals surface area contributed by atoms with E-state index in [1.807, 2.05) is 0 Å². The lowest BCUT2D eigenvalue weighted by Gasteiger charge is -2.09. The van der Waals surface area contributed by atoms with Crippen LogP contribution < -0.4 is 10.6 Å². The highest BCUT2D eigenvalue weighted by atomic mass is 35.5. The number of nitrogens with zero attached hydrogens (tertiary/aromatic N) is 1. The first-order valence-corrected chi connectivity index (χ1v) is 6.32. The highest BCUT2D eigenvalue weighted by Gasteiger charge is 2.08. The first-order valence-electron chi connectivity index (χ1n) is 5.54. The van der Waals surface area contributed by atoms with Gasteiger partial charge in [-0.15, -0.1) is 0 Å². The summed E-state index contributed by atoms with van der Waals surface area (Å²) in [5.74, 6) is -0.834. The number of hydrogen-bond acceptors (Lipinski definition) is 3. The highest BCUT2D eigenvalue weighted by molar-refractivity contribution is 7.80. The Morgan fingerprint density at radius 1 is 1.20 bits per heavy atom. The van der Waals surface area contributed by atoms with Crippen molar-refractivity contribution in [3.8, 4) is 0 Å². The maximum atomic E-state index is 12.7. The number of benzene rings is 1. The molecule has 20 heavy (non-hydrogen) atoms. The van der Waals surface area contributed by atoms with E-state index in [0.717, 1.165) is 0 Å². The SMILES string of the molecule is O=C(NC(=S)Nc1ccc(Cl)nc1)c1ccc(F)cc1. The minimum Gasteiger partial charge on any atom is -0.331 e. The number of thiocarbonyl (C=S) groups is 1. The molecule has 0 radical (unpaired) electrons. The summed E-state index contributed by atoms with van der Waals surface area (Å²) >= 11 is 10.6. The summed E-state index contributed by atoms with van der Waals surface area (Å²) in [5.41, 5.74) is 0.906. The number of nitrogens with one attached hydrogen (secondary N) is 2. The average molecular weight is 310 g/mol. The molecule has 102 valence electrons. The lowest BCUT2D eigenvalue weighted by molar-refractivity contribution is 0.0977. The number of carbonyl (C=O) groups excluding carboxylic acids is 1. The predicted molar refractivity (Wildman–Crippen MR) is 79.3 cm³/mol. The van der Waals surface area contributed by atoms with E-state index in [9.17, 15) is 9.18 Å². The maximum absolute atomic E-state index is 12.7. The largest absolute Gasteiger partial charge is 0.331 e. The zero-order valence-electron chi connectivity index (χ0n) is 10.1. The third-order valence-corrected chi connectivity index (χ3v) is 2.75. The zero-order chi connectivity index (χ0) is 14.5. The van der Waals surface area contributed by atoms with Crippen molar-refractivity contribution in [2.45, 2.75) is 0 Å². The van der Waals surface area contributed by atoms with Gasteiger partial charge in [0, 0.05) is 5.56 Å². The van der Waals surface area contributed by atoms with Gasteiger partial charge in [-0.1, -0.05) is 11.6 Å². The molecule has 4 nitrogen and oxygen atoms in total. The molecule has 1 aromatic heterocycles. The Balaban J connectivity index is 1.95. The Bertz CT molecular complexity index is 631. The molecule has 0 atom stereocenters. The standard InChI is InChI=1S/C13H9ClFN3OS/c14-11-6-5-10(7-16-11)17-13(20)18-12(19)8-1-3-9(15)4-2-8/h1-7H,(H2,17,18,19,20).